The van der Waals surface area contributed by atoms with Gasteiger partial charge < -0.3 is 0 Å². The largest absolute Gasteiger partial charge is 0.114 e. The van der Waals surface area contributed by atoms with Gasteiger partial charge in [0.2, 0.25) is 0 Å². The van der Waals surface area contributed by atoms with Gasteiger partial charge in [-0.25, -0.2) is 0 Å². The molecule has 0 nitrogen and oxygen atoms in total. The third-order valence-electron chi connectivity index (χ3n) is 4.57. The Kier molecular flexibility index (Phi) is 13.3. The molecule has 176 valence electrons. The Morgan fingerprint density at radius 1 is 0.441 bits per heavy atom. The highest BCUT2D eigenvalue weighted by molar-refractivity contribution is 8.77. The molecule has 2 unspecified atom stereocenters. The first-order valence-electron chi connectivity index (χ1n) is 10.7. The molecule has 0 aromatic heterocycles. The van der Waals surface area contributed by atoms with Crippen LogP contribution < -0.4 is 0 Å². The number of alkyl halides is 2. The SMILES string of the molecule is ClC(SSC(Cl)c1ccccc1)c1ccccc1.c1ccc(CSSCc2ccccc2)cc1. The van der Waals surface area contributed by atoms with Crippen LogP contribution in [0.3, 0.4) is 0 Å². The van der Waals surface area contributed by atoms with Crippen molar-refractivity contribution in [1.82, 2.24) is 0 Å². The van der Waals surface area contributed by atoms with E-state index < -0.39 is 0 Å². The smallest absolute Gasteiger partial charge is 0.105 e. The van der Waals surface area contributed by atoms with E-state index in [4.69, 9.17) is 23.2 Å². The Morgan fingerprint density at radius 3 is 1.06 bits per heavy atom. The Bertz CT molecular complexity index is 948. The third-order valence-corrected chi connectivity index (χ3v) is 11.0. The lowest BCUT2D eigenvalue weighted by molar-refractivity contribution is 1.36. The molecule has 0 radical (unpaired) electrons. The predicted molar refractivity (Wildman–Crippen MR) is 161 cm³/mol. The minimum Gasteiger partial charge on any atom is -0.105 e. The molecule has 0 spiro atoms. The van der Waals surface area contributed by atoms with E-state index in [-0.39, 0.29) is 9.42 Å². The highest BCUT2D eigenvalue weighted by atomic mass is 35.5. The van der Waals surface area contributed by atoms with Gasteiger partial charge in [-0.1, -0.05) is 165 Å². The molecule has 0 saturated heterocycles. The molecule has 4 aromatic rings. The zero-order chi connectivity index (χ0) is 23.8. The van der Waals surface area contributed by atoms with Gasteiger partial charge in [0.05, 0.1) is 0 Å². The fourth-order valence-corrected chi connectivity index (χ4v) is 7.96. The number of halogens is 2. The maximum atomic E-state index is 6.32. The van der Waals surface area contributed by atoms with Crippen LogP contribution in [-0.4, -0.2) is 0 Å². The molecule has 0 aliphatic heterocycles. The summed E-state index contributed by atoms with van der Waals surface area (Å²) in [6.45, 7) is 0. The van der Waals surface area contributed by atoms with Crippen LogP contribution in [0.2, 0.25) is 0 Å². The standard InChI is InChI=1S/C14H12Cl2S2.C14H14S2/c15-13(11-7-3-1-4-8-11)17-18-14(16)12-9-5-2-6-10-12;1-3-7-13(8-4-1)11-15-16-12-14-9-5-2-6-10-14/h1-10,13-14H;1-10H,11-12H2. The second-order valence-corrected chi connectivity index (χ2v) is 13.5. The van der Waals surface area contributed by atoms with E-state index in [1.807, 2.05) is 82.3 Å². The second-order valence-electron chi connectivity index (χ2n) is 7.14. The summed E-state index contributed by atoms with van der Waals surface area (Å²) >= 11 is 12.6. The van der Waals surface area contributed by atoms with Crippen LogP contribution in [-0.2, 0) is 11.5 Å². The third kappa shape index (κ3) is 10.6. The van der Waals surface area contributed by atoms with Crippen LogP contribution in [0, 0.1) is 0 Å². The minimum atomic E-state index is -0.0823. The Balaban J connectivity index is 0.000000192. The van der Waals surface area contributed by atoms with Gasteiger partial charge in [0.15, 0.2) is 0 Å². The molecule has 0 aliphatic carbocycles. The molecule has 0 amide bonds. The molecule has 0 saturated carbocycles. The number of hydrogen-bond donors (Lipinski definition) is 0. The number of hydrogen-bond acceptors (Lipinski definition) is 4. The van der Waals surface area contributed by atoms with E-state index in [2.05, 4.69) is 60.7 Å². The van der Waals surface area contributed by atoms with Gasteiger partial charge in [0, 0.05) is 11.5 Å². The lowest BCUT2D eigenvalue weighted by atomic mass is 10.2. The first-order valence-corrected chi connectivity index (χ1v) is 16.4. The molecular weight excluding hydrogens is 535 g/mol. The van der Waals surface area contributed by atoms with E-state index in [9.17, 15) is 0 Å². The monoisotopic (exact) mass is 560 g/mol. The summed E-state index contributed by atoms with van der Waals surface area (Å²) in [5, 5.41) is 0. The van der Waals surface area contributed by atoms with Crippen molar-refractivity contribution in [2.75, 3.05) is 0 Å². The molecule has 4 aromatic carbocycles. The quantitative estimate of drug-likeness (QED) is 0.107. The van der Waals surface area contributed by atoms with Crippen molar-refractivity contribution in [3.05, 3.63) is 144 Å². The minimum absolute atomic E-state index is 0.0823. The molecule has 2 atom stereocenters. The Hall–Kier alpha value is -1.14. The van der Waals surface area contributed by atoms with Gasteiger partial charge in [-0.05, 0) is 22.3 Å². The van der Waals surface area contributed by atoms with Crippen LogP contribution >= 0.6 is 66.4 Å². The average molecular weight is 562 g/mol. The number of rotatable bonds is 10. The molecule has 0 aliphatic rings. The summed E-state index contributed by atoms with van der Waals surface area (Å²) in [7, 11) is 7.00. The van der Waals surface area contributed by atoms with Crippen molar-refractivity contribution >= 4 is 66.4 Å². The first kappa shape index (κ1) is 27.4. The molecule has 34 heavy (non-hydrogen) atoms. The maximum absolute atomic E-state index is 6.32. The van der Waals surface area contributed by atoms with Crippen molar-refractivity contribution in [2.24, 2.45) is 0 Å². The second kappa shape index (κ2) is 16.5. The molecule has 0 heterocycles. The highest BCUT2D eigenvalue weighted by Crippen LogP contribution is 2.49. The summed E-state index contributed by atoms with van der Waals surface area (Å²) in [6.07, 6.45) is 0. The number of benzene rings is 4. The molecular formula is C28H26Cl2S4. The van der Waals surface area contributed by atoms with Crippen LogP contribution in [0.15, 0.2) is 121 Å². The van der Waals surface area contributed by atoms with Crippen molar-refractivity contribution in [3.8, 4) is 0 Å². The van der Waals surface area contributed by atoms with Gasteiger partial charge in [-0.3, -0.25) is 0 Å². The fraction of sp³-hybridized carbons (Fsp3) is 0.143. The van der Waals surface area contributed by atoms with E-state index in [1.165, 1.54) is 11.1 Å². The van der Waals surface area contributed by atoms with Crippen LogP contribution in [0.1, 0.15) is 31.7 Å². The van der Waals surface area contributed by atoms with E-state index >= 15 is 0 Å². The van der Waals surface area contributed by atoms with E-state index in [0.29, 0.717) is 0 Å². The summed E-state index contributed by atoms with van der Waals surface area (Å²) < 4.78 is -0.165. The van der Waals surface area contributed by atoms with Crippen molar-refractivity contribution < 1.29 is 0 Å². The van der Waals surface area contributed by atoms with Gasteiger partial charge in [0.25, 0.3) is 0 Å². The topological polar surface area (TPSA) is 0 Å². The molecule has 0 fully saturated rings. The lowest BCUT2D eigenvalue weighted by Crippen LogP contribution is -1.85. The Morgan fingerprint density at radius 2 is 0.735 bits per heavy atom. The lowest BCUT2D eigenvalue weighted by Gasteiger charge is -2.12. The van der Waals surface area contributed by atoms with Crippen molar-refractivity contribution in [3.63, 3.8) is 0 Å². The molecule has 0 bridgehead atoms. The van der Waals surface area contributed by atoms with Crippen LogP contribution in [0.5, 0.6) is 0 Å². The molecule has 4 rings (SSSR count). The normalized spacial score (nSPS) is 12.3. The van der Waals surface area contributed by atoms with Gasteiger partial charge in [0.1, 0.15) is 9.42 Å². The molecule has 0 N–H and O–H groups in total. The van der Waals surface area contributed by atoms with E-state index in [1.54, 1.807) is 21.6 Å². The van der Waals surface area contributed by atoms with Gasteiger partial charge in [-0.15, -0.1) is 23.2 Å². The van der Waals surface area contributed by atoms with Gasteiger partial charge >= 0.3 is 0 Å². The average Bonchev–Trinajstić information content (AvgIpc) is 2.92. The summed E-state index contributed by atoms with van der Waals surface area (Å²) in [5.74, 6) is 2.16. The van der Waals surface area contributed by atoms with E-state index in [0.717, 1.165) is 22.6 Å². The Labute approximate surface area is 229 Å². The summed E-state index contributed by atoms with van der Waals surface area (Å²) in [5.41, 5.74) is 5.00. The maximum Gasteiger partial charge on any atom is 0.114 e. The van der Waals surface area contributed by atoms with Crippen molar-refractivity contribution in [2.45, 2.75) is 20.9 Å². The molecule has 6 heteroatoms. The zero-order valence-electron chi connectivity index (χ0n) is 18.5. The zero-order valence-corrected chi connectivity index (χ0v) is 23.3. The first-order chi connectivity index (χ1) is 16.7. The van der Waals surface area contributed by atoms with Crippen LogP contribution in [0.4, 0.5) is 0 Å². The summed E-state index contributed by atoms with van der Waals surface area (Å²) in [6, 6.07) is 41.2. The fourth-order valence-electron chi connectivity index (χ4n) is 2.79. The van der Waals surface area contributed by atoms with Crippen molar-refractivity contribution in [1.29, 1.82) is 0 Å². The van der Waals surface area contributed by atoms with Crippen LogP contribution in [0.25, 0.3) is 0 Å². The van der Waals surface area contributed by atoms with Gasteiger partial charge in [-0.2, -0.15) is 0 Å². The summed E-state index contributed by atoms with van der Waals surface area (Å²) in [4.78, 5) is 0. The predicted octanol–water partition coefficient (Wildman–Crippen LogP) is 11.0. The highest BCUT2D eigenvalue weighted by Gasteiger charge is 2.13.